The van der Waals surface area contributed by atoms with Gasteiger partial charge < -0.3 is 4.98 Å². The van der Waals surface area contributed by atoms with E-state index in [9.17, 15) is 0 Å². The van der Waals surface area contributed by atoms with Gasteiger partial charge in [0, 0.05) is 39.9 Å². The Morgan fingerprint density at radius 1 is 1.20 bits per heavy atom. The van der Waals surface area contributed by atoms with Crippen LogP contribution in [0, 0.1) is 4.64 Å². The second-order valence-corrected chi connectivity index (χ2v) is 6.12. The first-order valence-corrected chi connectivity index (χ1v) is 7.92. The molecule has 1 aromatic carbocycles. The van der Waals surface area contributed by atoms with Gasteiger partial charge in [-0.3, -0.25) is 4.98 Å². The molecule has 4 rings (SSSR count). The van der Waals surface area contributed by atoms with Crippen LogP contribution in [0.1, 0.15) is 11.3 Å². The predicted molar refractivity (Wildman–Crippen MR) is 85.2 cm³/mol. The van der Waals surface area contributed by atoms with Crippen molar-refractivity contribution in [1.82, 2.24) is 15.0 Å². The molecule has 0 saturated heterocycles. The van der Waals surface area contributed by atoms with Crippen molar-refractivity contribution in [2.24, 2.45) is 0 Å². The molecule has 98 valence electrons. The fraction of sp³-hybridized carbons (Fsp3) is 0.133. The van der Waals surface area contributed by atoms with E-state index in [1.165, 1.54) is 11.3 Å². The Bertz CT molecular complexity index is 870. The number of nitrogens with one attached hydrogen (secondary N) is 1. The summed E-state index contributed by atoms with van der Waals surface area (Å²) in [6.07, 6.45) is 1.81. The minimum absolute atomic E-state index is 0.727. The van der Waals surface area contributed by atoms with Gasteiger partial charge in [0.2, 0.25) is 0 Å². The minimum Gasteiger partial charge on any atom is -0.342 e. The molecular weight excluding hydrogens is 286 g/mol. The first-order chi connectivity index (χ1) is 9.81. The van der Waals surface area contributed by atoms with Gasteiger partial charge in [-0.05, 0) is 24.3 Å². The second-order valence-electron chi connectivity index (χ2n) is 4.75. The average Bonchev–Trinajstić information content (AvgIpc) is 2.96. The Morgan fingerprint density at radius 3 is 3.10 bits per heavy atom. The molecule has 3 aromatic rings. The Labute approximate surface area is 125 Å². The molecule has 0 radical (unpaired) electrons. The van der Waals surface area contributed by atoms with E-state index in [-0.39, 0.29) is 0 Å². The number of H-pyrrole nitrogens is 1. The highest BCUT2D eigenvalue weighted by Crippen LogP contribution is 2.30. The molecular formula is C15H11N3S2. The zero-order valence-electron chi connectivity index (χ0n) is 10.6. The monoisotopic (exact) mass is 297 g/mol. The van der Waals surface area contributed by atoms with Crippen LogP contribution in [0.3, 0.4) is 0 Å². The topological polar surface area (TPSA) is 41.6 Å². The summed E-state index contributed by atoms with van der Waals surface area (Å²) < 4.78 is 0.727. The summed E-state index contributed by atoms with van der Waals surface area (Å²) in [5.74, 6) is 2.81. The third-order valence-electron chi connectivity index (χ3n) is 3.47. The van der Waals surface area contributed by atoms with Gasteiger partial charge in [-0.25, -0.2) is 4.98 Å². The Kier molecular flexibility index (Phi) is 2.82. The zero-order chi connectivity index (χ0) is 13.5. The normalized spacial score (nSPS) is 13.6. The SMILES string of the molecule is S=c1nc(-c2ccc3ncccc3c2)[nH]c2c1CSC2. The van der Waals surface area contributed by atoms with Gasteiger partial charge in [-0.2, -0.15) is 11.8 Å². The molecule has 3 nitrogen and oxygen atoms in total. The maximum atomic E-state index is 5.41. The third kappa shape index (κ3) is 1.94. The molecule has 3 heterocycles. The number of hydrogen-bond acceptors (Lipinski definition) is 4. The smallest absolute Gasteiger partial charge is 0.139 e. The van der Waals surface area contributed by atoms with Gasteiger partial charge in [0.05, 0.1) is 5.52 Å². The Morgan fingerprint density at radius 2 is 2.15 bits per heavy atom. The molecule has 2 aromatic heterocycles. The van der Waals surface area contributed by atoms with Crippen LogP contribution in [0.15, 0.2) is 36.5 Å². The molecule has 0 unspecified atom stereocenters. The predicted octanol–water partition coefficient (Wildman–Crippen LogP) is 4.10. The molecule has 0 spiro atoms. The number of thioether (sulfide) groups is 1. The number of nitrogens with zero attached hydrogens (tertiary/aromatic N) is 2. The molecule has 1 aliphatic heterocycles. The molecule has 1 aliphatic rings. The summed E-state index contributed by atoms with van der Waals surface area (Å²) in [4.78, 5) is 12.3. The molecule has 0 saturated carbocycles. The van der Waals surface area contributed by atoms with Crippen molar-refractivity contribution >= 4 is 34.9 Å². The fourth-order valence-electron chi connectivity index (χ4n) is 2.43. The van der Waals surface area contributed by atoms with Crippen LogP contribution in [0.4, 0.5) is 0 Å². The first kappa shape index (κ1) is 12.1. The van der Waals surface area contributed by atoms with E-state index in [0.717, 1.165) is 38.4 Å². The summed E-state index contributed by atoms with van der Waals surface area (Å²) >= 11 is 7.28. The van der Waals surface area contributed by atoms with Gasteiger partial charge >= 0.3 is 0 Å². The lowest BCUT2D eigenvalue weighted by molar-refractivity contribution is 1.06. The number of rotatable bonds is 1. The van der Waals surface area contributed by atoms with E-state index in [1.54, 1.807) is 6.20 Å². The van der Waals surface area contributed by atoms with Crippen molar-refractivity contribution < 1.29 is 0 Å². The number of benzene rings is 1. The summed E-state index contributed by atoms with van der Waals surface area (Å²) in [6.45, 7) is 0. The average molecular weight is 297 g/mol. The summed E-state index contributed by atoms with van der Waals surface area (Å²) in [7, 11) is 0. The molecule has 0 aliphatic carbocycles. The summed E-state index contributed by atoms with van der Waals surface area (Å²) in [5.41, 5.74) is 4.45. The molecule has 5 heteroatoms. The van der Waals surface area contributed by atoms with E-state index in [0.29, 0.717) is 0 Å². The quantitative estimate of drug-likeness (QED) is 0.687. The molecule has 0 fully saturated rings. The van der Waals surface area contributed by atoms with Crippen LogP contribution in [0.2, 0.25) is 0 Å². The number of aromatic nitrogens is 3. The molecule has 20 heavy (non-hydrogen) atoms. The first-order valence-electron chi connectivity index (χ1n) is 6.36. The molecule has 1 N–H and O–H groups in total. The van der Waals surface area contributed by atoms with Crippen molar-refractivity contribution in [2.75, 3.05) is 0 Å². The lowest BCUT2D eigenvalue weighted by atomic mass is 10.1. The fourth-order valence-corrected chi connectivity index (χ4v) is 3.88. The lowest BCUT2D eigenvalue weighted by Gasteiger charge is -2.06. The van der Waals surface area contributed by atoms with Gasteiger partial charge in [0.1, 0.15) is 10.5 Å². The van der Waals surface area contributed by atoms with Crippen LogP contribution in [-0.2, 0) is 11.5 Å². The number of hydrogen-bond donors (Lipinski definition) is 1. The third-order valence-corrected chi connectivity index (χ3v) is 4.80. The molecule has 0 atom stereocenters. The minimum atomic E-state index is 0.727. The van der Waals surface area contributed by atoms with Gasteiger partial charge in [-0.1, -0.05) is 18.3 Å². The highest BCUT2D eigenvalue weighted by atomic mass is 32.2. The van der Waals surface area contributed by atoms with Crippen LogP contribution < -0.4 is 0 Å². The highest BCUT2D eigenvalue weighted by Gasteiger charge is 2.15. The summed E-state index contributed by atoms with van der Waals surface area (Å²) in [6, 6.07) is 10.2. The van der Waals surface area contributed by atoms with E-state index in [4.69, 9.17) is 12.2 Å². The number of aromatic amines is 1. The van der Waals surface area contributed by atoms with Crippen molar-refractivity contribution in [3.63, 3.8) is 0 Å². The van der Waals surface area contributed by atoms with Crippen LogP contribution in [0.5, 0.6) is 0 Å². The Balaban J connectivity index is 1.91. The van der Waals surface area contributed by atoms with Crippen molar-refractivity contribution in [2.45, 2.75) is 11.5 Å². The Hall–Kier alpha value is -1.72. The number of pyridine rings is 1. The van der Waals surface area contributed by atoms with E-state index >= 15 is 0 Å². The maximum absolute atomic E-state index is 5.41. The molecule has 0 amide bonds. The highest BCUT2D eigenvalue weighted by molar-refractivity contribution is 7.98. The second kappa shape index (κ2) is 4.68. The summed E-state index contributed by atoms with van der Waals surface area (Å²) in [5, 5.41) is 1.11. The van der Waals surface area contributed by atoms with Gasteiger partial charge in [0.15, 0.2) is 0 Å². The van der Waals surface area contributed by atoms with Crippen molar-refractivity contribution in [3.05, 3.63) is 52.4 Å². The van der Waals surface area contributed by atoms with E-state index < -0.39 is 0 Å². The van der Waals surface area contributed by atoms with E-state index in [1.807, 2.05) is 30.0 Å². The lowest BCUT2D eigenvalue weighted by Crippen LogP contribution is -1.97. The molecule has 0 bridgehead atoms. The van der Waals surface area contributed by atoms with Crippen LogP contribution >= 0.6 is 24.0 Å². The van der Waals surface area contributed by atoms with E-state index in [2.05, 4.69) is 27.1 Å². The van der Waals surface area contributed by atoms with Crippen molar-refractivity contribution in [1.29, 1.82) is 0 Å². The van der Waals surface area contributed by atoms with Gasteiger partial charge in [-0.15, -0.1) is 0 Å². The van der Waals surface area contributed by atoms with Crippen LogP contribution in [-0.4, -0.2) is 15.0 Å². The number of fused-ring (bicyclic) bond motifs is 2. The largest absolute Gasteiger partial charge is 0.342 e. The zero-order valence-corrected chi connectivity index (χ0v) is 12.2. The standard InChI is InChI=1S/C15H11N3S2/c19-15-11-7-20-8-13(11)17-14(18-15)10-3-4-12-9(6-10)2-1-5-16-12/h1-6H,7-8H2,(H,17,18,19). The van der Waals surface area contributed by atoms with Crippen molar-refractivity contribution in [3.8, 4) is 11.4 Å². The maximum Gasteiger partial charge on any atom is 0.139 e. The van der Waals surface area contributed by atoms with Crippen LogP contribution in [0.25, 0.3) is 22.3 Å². The van der Waals surface area contributed by atoms with Gasteiger partial charge in [0.25, 0.3) is 0 Å².